The Kier molecular flexibility index (Phi) is 9.81. The molecular weight excluding hydrogens is 260 g/mol. The average molecular weight is 290 g/mol. The van der Waals surface area contributed by atoms with E-state index in [1.807, 2.05) is 31.2 Å². The molecule has 0 unspecified atom stereocenters. The van der Waals surface area contributed by atoms with Gasteiger partial charge in [0.2, 0.25) is 0 Å². The van der Waals surface area contributed by atoms with Crippen molar-refractivity contribution < 1.29 is 9.90 Å². The quantitative estimate of drug-likeness (QED) is 0.431. The molecule has 2 nitrogen and oxygen atoms in total. The molecule has 1 aromatic carbocycles. The Morgan fingerprint density at radius 3 is 1.81 bits per heavy atom. The summed E-state index contributed by atoms with van der Waals surface area (Å²) >= 11 is 0. The van der Waals surface area contributed by atoms with Gasteiger partial charge in [0.25, 0.3) is 0 Å². The van der Waals surface area contributed by atoms with Crippen LogP contribution in [0.25, 0.3) is 0 Å². The van der Waals surface area contributed by atoms with Gasteiger partial charge in [-0.25, -0.2) is 0 Å². The fraction of sp³-hybridized carbons (Fsp3) is 0.632. The number of Topliss-reactive ketones (excluding diaryl/α,β-unsaturated/α-hetero) is 1. The summed E-state index contributed by atoms with van der Waals surface area (Å²) in [5.41, 5.74) is 2.05. The summed E-state index contributed by atoms with van der Waals surface area (Å²) in [5.74, 6) is 0.277. The molecule has 0 saturated carbocycles. The van der Waals surface area contributed by atoms with Crippen LogP contribution in [0.2, 0.25) is 0 Å². The van der Waals surface area contributed by atoms with Crippen molar-refractivity contribution in [1.82, 2.24) is 0 Å². The molecule has 0 fully saturated rings. The molecule has 0 atom stereocenters. The third kappa shape index (κ3) is 8.67. The molecule has 0 aliphatic carbocycles. The number of aliphatic hydroxyl groups is 1. The van der Waals surface area contributed by atoms with Gasteiger partial charge >= 0.3 is 0 Å². The minimum absolute atomic E-state index is 0.277. The van der Waals surface area contributed by atoms with Crippen LogP contribution in [0.3, 0.4) is 0 Å². The monoisotopic (exact) mass is 290 g/mol. The molecule has 118 valence electrons. The summed E-state index contributed by atoms with van der Waals surface area (Å²) in [6.07, 6.45) is 11.3. The molecular formula is C19H30O2. The minimum Gasteiger partial charge on any atom is -0.396 e. The van der Waals surface area contributed by atoms with Crippen LogP contribution >= 0.6 is 0 Å². The van der Waals surface area contributed by atoms with Crippen LogP contribution < -0.4 is 0 Å². The van der Waals surface area contributed by atoms with Crippen LogP contribution in [0.1, 0.15) is 80.1 Å². The first-order chi connectivity index (χ1) is 10.2. The SMILES string of the molecule is Cc1ccc(C(=O)CCCCCCCCCCCO)cc1. The summed E-state index contributed by atoms with van der Waals surface area (Å²) in [7, 11) is 0. The van der Waals surface area contributed by atoms with Gasteiger partial charge in [0, 0.05) is 18.6 Å². The Labute approximate surface area is 129 Å². The van der Waals surface area contributed by atoms with Crippen LogP contribution in [-0.4, -0.2) is 17.5 Å². The molecule has 0 aromatic heterocycles. The molecule has 0 radical (unpaired) electrons. The zero-order chi connectivity index (χ0) is 15.3. The number of aryl methyl sites for hydroxylation is 1. The number of hydrogen-bond donors (Lipinski definition) is 1. The van der Waals surface area contributed by atoms with Crippen molar-refractivity contribution in [2.75, 3.05) is 6.61 Å². The van der Waals surface area contributed by atoms with Gasteiger partial charge in [-0.3, -0.25) is 4.79 Å². The van der Waals surface area contributed by atoms with Crippen molar-refractivity contribution in [3.05, 3.63) is 35.4 Å². The van der Waals surface area contributed by atoms with E-state index in [1.165, 1.54) is 37.7 Å². The second-order valence-electron chi connectivity index (χ2n) is 5.94. The van der Waals surface area contributed by atoms with E-state index < -0.39 is 0 Å². The van der Waals surface area contributed by atoms with Gasteiger partial charge in [0.15, 0.2) is 5.78 Å². The standard InChI is InChI=1S/C19H30O2/c1-17-12-14-18(15-13-17)19(21)11-9-7-5-3-2-4-6-8-10-16-20/h12-15,20H,2-11,16H2,1H3. The number of unbranched alkanes of at least 4 members (excludes halogenated alkanes) is 8. The van der Waals surface area contributed by atoms with Crippen molar-refractivity contribution >= 4 is 5.78 Å². The third-order valence-electron chi connectivity index (χ3n) is 3.94. The number of carbonyl (C=O) groups excluding carboxylic acids is 1. The topological polar surface area (TPSA) is 37.3 Å². The first-order valence-electron chi connectivity index (χ1n) is 8.45. The zero-order valence-corrected chi connectivity index (χ0v) is 13.4. The molecule has 0 aliphatic rings. The second-order valence-corrected chi connectivity index (χ2v) is 5.94. The lowest BCUT2D eigenvalue weighted by Gasteiger charge is -2.03. The first kappa shape index (κ1) is 17.9. The number of carbonyl (C=O) groups is 1. The summed E-state index contributed by atoms with van der Waals surface area (Å²) < 4.78 is 0. The molecule has 0 spiro atoms. The third-order valence-corrected chi connectivity index (χ3v) is 3.94. The largest absolute Gasteiger partial charge is 0.396 e. The second kappa shape index (κ2) is 11.5. The Morgan fingerprint density at radius 2 is 1.29 bits per heavy atom. The van der Waals surface area contributed by atoms with Crippen LogP contribution in [0.5, 0.6) is 0 Å². The van der Waals surface area contributed by atoms with Crippen molar-refractivity contribution in [3.8, 4) is 0 Å². The van der Waals surface area contributed by atoms with E-state index in [1.54, 1.807) is 0 Å². The predicted molar refractivity (Wildman–Crippen MR) is 88.8 cm³/mol. The van der Waals surface area contributed by atoms with E-state index in [-0.39, 0.29) is 5.78 Å². The van der Waals surface area contributed by atoms with Crippen LogP contribution in [0.4, 0.5) is 0 Å². The molecule has 0 aliphatic heterocycles. The highest BCUT2D eigenvalue weighted by Gasteiger charge is 2.04. The van der Waals surface area contributed by atoms with E-state index in [4.69, 9.17) is 5.11 Å². The molecule has 0 saturated heterocycles. The van der Waals surface area contributed by atoms with Gasteiger partial charge in [0.05, 0.1) is 0 Å². The Morgan fingerprint density at radius 1 is 0.810 bits per heavy atom. The highest BCUT2D eigenvalue weighted by Crippen LogP contribution is 2.13. The van der Waals surface area contributed by atoms with Gasteiger partial charge in [-0.2, -0.15) is 0 Å². The molecule has 1 aromatic rings. The first-order valence-corrected chi connectivity index (χ1v) is 8.45. The maximum atomic E-state index is 12.0. The van der Waals surface area contributed by atoms with Crippen molar-refractivity contribution in [2.24, 2.45) is 0 Å². The molecule has 1 rings (SSSR count). The predicted octanol–water partition coefficient (Wildman–Crippen LogP) is 5.07. The normalized spacial score (nSPS) is 10.8. The van der Waals surface area contributed by atoms with Crippen molar-refractivity contribution in [2.45, 2.75) is 71.1 Å². The van der Waals surface area contributed by atoms with E-state index in [2.05, 4.69) is 0 Å². The van der Waals surface area contributed by atoms with Crippen LogP contribution in [0.15, 0.2) is 24.3 Å². The van der Waals surface area contributed by atoms with E-state index in [0.29, 0.717) is 13.0 Å². The number of rotatable bonds is 12. The minimum atomic E-state index is 0.277. The number of ketones is 1. The molecule has 0 bridgehead atoms. The summed E-state index contributed by atoms with van der Waals surface area (Å²) in [5, 5.41) is 8.68. The Hall–Kier alpha value is -1.15. The number of aliphatic hydroxyl groups excluding tert-OH is 1. The Bertz CT molecular complexity index is 381. The van der Waals surface area contributed by atoms with Gasteiger partial charge < -0.3 is 5.11 Å². The fourth-order valence-electron chi connectivity index (χ4n) is 2.52. The van der Waals surface area contributed by atoms with Crippen molar-refractivity contribution in [3.63, 3.8) is 0 Å². The lowest BCUT2D eigenvalue weighted by Crippen LogP contribution is -1.98. The Balaban J connectivity index is 1.96. The molecule has 0 amide bonds. The summed E-state index contributed by atoms with van der Waals surface area (Å²) in [4.78, 5) is 12.0. The smallest absolute Gasteiger partial charge is 0.162 e. The lowest BCUT2D eigenvalue weighted by atomic mass is 10.0. The van der Waals surface area contributed by atoms with E-state index in [9.17, 15) is 4.79 Å². The highest BCUT2D eigenvalue weighted by atomic mass is 16.2. The maximum Gasteiger partial charge on any atom is 0.162 e. The van der Waals surface area contributed by atoms with Crippen LogP contribution in [0, 0.1) is 6.92 Å². The van der Waals surface area contributed by atoms with Gasteiger partial charge in [0.1, 0.15) is 0 Å². The lowest BCUT2D eigenvalue weighted by molar-refractivity contribution is 0.0979. The molecule has 21 heavy (non-hydrogen) atoms. The molecule has 2 heteroatoms. The number of hydrogen-bond acceptors (Lipinski definition) is 2. The highest BCUT2D eigenvalue weighted by molar-refractivity contribution is 5.96. The zero-order valence-electron chi connectivity index (χ0n) is 13.4. The summed E-state index contributed by atoms with van der Waals surface area (Å²) in [6, 6.07) is 7.88. The van der Waals surface area contributed by atoms with E-state index in [0.717, 1.165) is 31.2 Å². The van der Waals surface area contributed by atoms with Gasteiger partial charge in [-0.1, -0.05) is 74.8 Å². The number of benzene rings is 1. The van der Waals surface area contributed by atoms with Gasteiger partial charge in [-0.15, -0.1) is 0 Å². The fourth-order valence-corrected chi connectivity index (χ4v) is 2.52. The van der Waals surface area contributed by atoms with Crippen molar-refractivity contribution in [1.29, 1.82) is 0 Å². The molecule has 1 N–H and O–H groups in total. The van der Waals surface area contributed by atoms with Crippen LogP contribution in [-0.2, 0) is 0 Å². The molecule has 0 heterocycles. The maximum absolute atomic E-state index is 12.0. The average Bonchev–Trinajstić information content (AvgIpc) is 2.49. The summed E-state index contributed by atoms with van der Waals surface area (Å²) in [6.45, 7) is 2.37. The van der Waals surface area contributed by atoms with E-state index >= 15 is 0 Å². The van der Waals surface area contributed by atoms with Gasteiger partial charge in [-0.05, 0) is 19.8 Å².